The molecule has 1 N–H and O–H groups in total. The highest BCUT2D eigenvalue weighted by Gasteiger charge is 2.45. The van der Waals surface area contributed by atoms with Gasteiger partial charge >= 0.3 is 0 Å². The van der Waals surface area contributed by atoms with Crippen LogP contribution in [0.15, 0.2) is 84.7 Å². The van der Waals surface area contributed by atoms with E-state index in [9.17, 15) is 14.7 Å². The maximum absolute atomic E-state index is 13.0. The number of hydrogen-bond acceptors (Lipinski definition) is 6. The van der Waals surface area contributed by atoms with Crippen molar-refractivity contribution in [2.24, 2.45) is 0 Å². The SMILES string of the molecule is CN(C)CCN1C(=O)C(=O)/C(=C(\O)c2ccc(OCc3ccccc3)cc2)C1c1cccnc1. The fraction of sp³-hybridized carbons (Fsp3) is 0.222. The summed E-state index contributed by atoms with van der Waals surface area (Å²) in [6, 6.07) is 19.5. The summed E-state index contributed by atoms with van der Waals surface area (Å²) in [5, 5.41) is 11.1. The van der Waals surface area contributed by atoms with E-state index in [1.165, 1.54) is 4.90 Å². The standard InChI is InChI=1S/C27H27N3O4/c1-29(2)15-16-30-24(21-9-6-14-28-17-21)23(26(32)27(30)33)25(31)20-10-12-22(13-11-20)34-18-19-7-4-3-5-8-19/h3-14,17,24,31H,15-16,18H2,1-2H3/b25-23-. The van der Waals surface area contributed by atoms with Crippen LogP contribution in [0, 0.1) is 0 Å². The van der Waals surface area contributed by atoms with Crippen molar-refractivity contribution in [2.75, 3.05) is 27.2 Å². The number of likely N-dealkylation sites (N-methyl/N-ethyl adjacent to an activating group) is 1. The number of ketones is 1. The summed E-state index contributed by atoms with van der Waals surface area (Å²) in [4.78, 5) is 33.5. The molecule has 1 aliphatic heterocycles. The predicted octanol–water partition coefficient (Wildman–Crippen LogP) is 3.64. The highest BCUT2D eigenvalue weighted by Crippen LogP contribution is 2.39. The Morgan fingerprint density at radius 3 is 2.41 bits per heavy atom. The van der Waals surface area contributed by atoms with Gasteiger partial charge in [0.15, 0.2) is 0 Å². The Morgan fingerprint density at radius 2 is 1.76 bits per heavy atom. The Morgan fingerprint density at radius 1 is 1.03 bits per heavy atom. The van der Waals surface area contributed by atoms with E-state index < -0.39 is 17.7 Å². The van der Waals surface area contributed by atoms with Crippen LogP contribution in [-0.2, 0) is 16.2 Å². The second-order valence-electron chi connectivity index (χ2n) is 8.38. The minimum absolute atomic E-state index is 0.0645. The van der Waals surface area contributed by atoms with Gasteiger partial charge in [0.2, 0.25) is 0 Å². The molecule has 4 rings (SSSR count). The van der Waals surface area contributed by atoms with Crippen molar-refractivity contribution in [3.8, 4) is 5.75 Å². The third-order valence-corrected chi connectivity index (χ3v) is 5.70. The molecule has 0 saturated carbocycles. The smallest absolute Gasteiger partial charge is 0.295 e. The van der Waals surface area contributed by atoms with E-state index in [4.69, 9.17) is 4.74 Å². The van der Waals surface area contributed by atoms with Gasteiger partial charge in [-0.2, -0.15) is 0 Å². The van der Waals surface area contributed by atoms with E-state index in [-0.39, 0.29) is 11.3 Å². The number of hydrogen-bond donors (Lipinski definition) is 1. The normalized spacial score (nSPS) is 17.4. The summed E-state index contributed by atoms with van der Waals surface area (Å²) in [5.74, 6) is -0.903. The van der Waals surface area contributed by atoms with Crippen molar-refractivity contribution in [3.05, 3.63) is 101 Å². The Bertz CT molecular complexity index is 1180. The number of aliphatic hydroxyl groups is 1. The molecule has 1 amide bonds. The minimum Gasteiger partial charge on any atom is -0.507 e. The fourth-order valence-corrected chi connectivity index (χ4v) is 3.91. The number of benzene rings is 2. The molecule has 1 aromatic heterocycles. The topological polar surface area (TPSA) is 83.0 Å². The number of nitrogens with zero attached hydrogens (tertiary/aromatic N) is 3. The second kappa shape index (κ2) is 10.3. The van der Waals surface area contributed by atoms with E-state index >= 15 is 0 Å². The Labute approximate surface area is 198 Å². The first-order valence-corrected chi connectivity index (χ1v) is 11.1. The third kappa shape index (κ3) is 5.00. The van der Waals surface area contributed by atoms with Gasteiger partial charge in [0, 0.05) is 31.0 Å². The quantitative estimate of drug-likeness (QED) is 0.316. The lowest BCUT2D eigenvalue weighted by Crippen LogP contribution is -2.35. The van der Waals surface area contributed by atoms with E-state index in [1.807, 2.05) is 49.3 Å². The number of carbonyl (C=O) groups is 2. The third-order valence-electron chi connectivity index (χ3n) is 5.70. The van der Waals surface area contributed by atoms with Crippen LogP contribution in [-0.4, -0.2) is 58.8 Å². The number of aliphatic hydroxyl groups excluding tert-OH is 1. The van der Waals surface area contributed by atoms with Gasteiger partial charge in [-0.05, 0) is 55.6 Å². The molecular weight excluding hydrogens is 430 g/mol. The van der Waals surface area contributed by atoms with Gasteiger partial charge in [-0.25, -0.2) is 0 Å². The average Bonchev–Trinajstić information content (AvgIpc) is 3.12. The van der Waals surface area contributed by atoms with Crippen molar-refractivity contribution in [1.82, 2.24) is 14.8 Å². The molecule has 2 aromatic carbocycles. The van der Waals surface area contributed by atoms with Crippen LogP contribution in [0.3, 0.4) is 0 Å². The summed E-state index contributed by atoms with van der Waals surface area (Å²) in [7, 11) is 3.80. The Kier molecular flexibility index (Phi) is 7.04. The summed E-state index contributed by atoms with van der Waals surface area (Å²) >= 11 is 0. The number of likely N-dealkylation sites (tertiary alicyclic amines) is 1. The van der Waals surface area contributed by atoms with Gasteiger partial charge in [-0.15, -0.1) is 0 Å². The highest BCUT2D eigenvalue weighted by molar-refractivity contribution is 6.46. The molecule has 3 aromatic rings. The fourth-order valence-electron chi connectivity index (χ4n) is 3.91. The van der Waals surface area contributed by atoms with Crippen LogP contribution in [0.5, 0.6) is 5.75 Å². The largest absolute Gasteiger partial charge is 0.507 e. The van der Waals surface area contributed by atoms with Crippen LogP contribution in [0.1, 0.15) is 22.7 Å². The molecule has 34 heavy (non-hydrogen) atoms. The molecule has 1 atom stereocenters. The first-order valence-electron chi connectivity index (χ1n) is 11.1. The molecule has 2 heterocycles. The molecule has 7 nitrogen and oxygen atoms in total. The van der Waals surface area contributed by atoms with Gasteiger partial charge in [-0.3, -0.25) is 14.6 Å². The van der Waals surface area contributed by atoms with Gasteiger partial charge in [0.05, 0.1) is 11.6 Å². The van der Waals surface area contributed by atoms with Crippen LogP contribution in [0.4, 0.5) is 0 Å². The van der Waals surface area contributed by atoms with Crippen LogP contribution >= 0.6 is 0 Å². The van der Waals surface area contributed by atoms with E-state index in [2.05, 4.69) is 4.98 Å². The Hall–Kier alpha value is -3.97. The monoisotopic (exact) mass is 457 g/mol. The van der Waals surface area contributed by atoms with Crippen molar-refractivity contribution in [1.29, 1.82) is 0 Å². The van der Waals surface area contributed by atoms with E-state index in [0.717, 1.165) is 5.56 Å². The molecule has 0 radical (unpaired) electrons. The summed E-state index contributed by atoms with van der Waals surface area (Å²) in [6.45, 7) is 1.35. The molecule has 7 heteroatoms. The van der Waals surface area contributed by atoms with Crippen molar-refractivity contribution < 1.29 is 19.4 Å². The molecule has 1 saturated heterocycles. The van der Waals surface area contributed by atoms with Crippen LogP contribution in [0.25, 0.3) is 5.76 Å². The summed E-state index contributed by atoms with van der Waals surface area (Å²) in [6.07, 6.45) is 3.25. The number of Topliss-reactive ketones (excluding diaryl/α,β-unsaturated/α-hetero) is 1. The maximum Gasteiger partial charge on any atom is 0.295 e. The van der Waals surface area contributed by atoms with Crippen LogP contribution in [0.2, 0.25) is 0 Å². The number of rotatable bonds is 8. The molecule has 0 bridgehead atoms. The van der Waals surface area contributed by atoms with Gasteiger partial charge in [0.25, 0.3) is 11.7 Å². The lowest BCUT2D eigenvalue weighted by molar-refractivity contribution is -0.140. The predicted molar refractivity (Wildman–Crippen MR) is 129 cm³/mol. The number of amides is 1. The zero-order valence-electron chi connectivity index (χ0n) is 19.2. The van der Waals surface area contributed by atoms with Gasteiger partial charge < -0.3 is 19.6 Å². The molecule has 0 spiro atoms. The van der Waals surface area contributed by atoms with Crippen molar-refractivity contribution in [2.45, 2.75) is 12.6 Å². The molecule has 0 aliphatic carbocycles. The lowest BCUT2D eigenvalue weighted by atomic mass is 9.96. The summed E-state index contributed by atoms with van der Waals surface area (Å²) in [5.41, 5.74) is 2.22. The first-order chi connectivity index (χ1) is 16.5. The van der Waals surface area contributed by atoms with E-state index in [1.54, 1.807) is 48.8 Å². The van der Waals surface area contributed by atoms with E-state index in [0.29, 0.717) is 36.6 Å². The molecule has 1 aliphatic rings. The molecular formula is C27H27N3O4. The highest BCUT2D eigenvalue weighted by atomic mass is 16.5. The van der Waals surface area contributed by atoms with Crippen molar-refractivity contribution >= 4 is 17.4 Å². The lowest BCUT2D eigenvalue weighted by Gasteiger charge is -2.26. The molecule has 1 unspecified atom stereocenters. The average molecular weight is 458 g/mol. The van der Waals surface area contributed by atoms with Gasteiger partial charge in [-0.1, -0.05) is 36.4 Å². The number of ether oxygens (including phenoxy) is 1. The summed E-state index contributed by atoms with van der Waals surface area (Å²) < 4.78 is 5.81. The van der Waals surface area contributed by atoms with Gasteiger partial charge in [0.1, 0.15) is 18.1 Å². The zero-order chi connectivity index (χ0) is 24.1. The number of aromatic nitrogens is 1. The molecule has 174 valence electrons. The number of pyridine rings is 1. The number of carbonyl (C=O) groups excluding carboxylic acids is 2. The molecule has 1 fully saturated rings. The maximum atomic E-state index is 13.0. The first kappa shape index (κ1) is 23.2. The van der Waals surface area contributed by atoms with Crippen LogP contribution < -0.4 is 4.74 Å². The minimum atomic E-state index is -0.706. The Balaban J connectivity index is 1.63. The zero-order valence-corrected chi connectivity index (χ0v) is 19.2. The second-order valence-corrected chi connectivity index (χ2v) is 8.38. The van der Waals surface area contributed by atoms with Crippen molar-refractivity contribution in [3.63, 3.8) is 0 Å².